The van der Waals surface area contributed by atoms with Crippen LogP contribution in [-0.4, -0.2) is 12.8 Å². The molecule has 0 atom stereocenters. The number of aryl methyl sites for hydroxylation is 1. The standard InChI is InChI=1S/C18H15N/c1-14-4-2-3-5-16(14)8-6-15-7-9-18-13-19-11-10-17(18)12-15/h2-5,7,9,12-13H,10-11H2,1H3. The molecule has 0 unspecified atom stereocenters. The van der Waals surface area contributed by atoms with Crippen molar-refractivity contribution in [2.75, 3.05) is 6.54 Å². The smallest absolute Gasteiger partial charge is 0.0430 e. The van der Waals surface area contributed by atoms with Crippen LogP contribution in [0.4, 0.5) is 0 Å². The third kappa shape index (κ3) is 2.58. The van der Waals surface area contributed by atoms with Crippen LogP contribution in [0, 0.1) is 18.8 Å². The van der Waals surface area contributed by atoms with Crippen molar-refractivity contribution in [3.63, 3.8) is 0 Å². The maximum absolute atomic E-state index is 4.29. The summed E-state index contributed by atoms with van der Waals surface area (Å²) in [5.41, 5.74) is 5.98. The molecule has 1 aliphatic heterocycles. The first-order valence-corrected chi connectivity index (χ1v) is 6.53. The van der Waals surface area contributed by atoms with E-state index in [0.717, 1.165) is 24.1 Å². The number of aliphatic imine (C=N–C) groups is 1. The summed E-state index contributed by atoms with van der Waals surface area (Å²) < 4.78 is 0. The first kappa shape index (κ1) is 11.7. The van der Waals surface area contributed by atoms with E-state index in [0.29, 0.717) is 0 Å². The number of fused-ring (bicyclic) bond motifs is 1. The van der Waals surface area contributed by atoms with E-state index in [1.807, 2.05) is 18.3 Å². The number of hydrogen-bond acceptors (Lipinski definition) is 1. The van der Waals surface area contributed by atoms with Gasteiger partial charge >= 0.3 is 0 Å². The van der Waals surface area contributed by atoms with Crippen LogP contribution in [0.1, 0.15) is 27.8 Å². The molecule has 1 nitrogen and oxygen atoms in total. The SMILES string of the molecule is Cc1ccccc1C#Cc1ccc2c(c1)CCN=C2. The Hall–Kier alpha value is -2.33. The third-order valence-corrected chi connectivity index (χ3v) is 3.37. The Balaban J connectivity index is 1.93. The zero-order chi connectivity index (χ0) is 13.1. The van der Waals surface area contributed by atoms with Gasteiger partial charge in [0.05, 0.1) is 0 Å². The second kappa shape index (κ2) is 5.12. The number of benzene rings is 2. The Morgan fingerprint density at radius 2 is 1.95 bits per heavy atom. The zero-order valence-electron chi connectivity index (χ0n) is 11.0. The second-order valence-electron chi connectivity index (χ2n) is 4.76. The fraction of sp³-hybridized carbons (Fsp3) is 0.167. The molecule has 2 aromatic carbocycles. The molecule has 0 spiro atoms. The molecule has 3 rings (SSSR count). The molecule has 0 bridgehead atoms. The molecule has 1 heterocycles. The molecule has 0 amide bonds. The van der Waals surface area contributed by atoms with E-state index in [1.165, 1.54) is 16.7 Å². The van der Waals surface area contributed by atoms with Crippen molar-refractivity contribution in [2.45, 2.75) is 13.3 Å². The molecule has 1 heteroatoms. The highest BCUT2D eigenvalue weighted by atomic mass is 14.7. The van der Waals surface area contributed by atoms with Gasteiger partial charge in [-0.25, -0.2) is 0 Å². The van der Waals surface area contributed by atoms with Gasteiger partial charge in [0.25, 0.3) is 0 Å². The van der Waals surface area contributed by atoms with E-state index < -0.39 is 0 Å². The lowest BCUT2D eigenvalue weighted by Crippen LogP contribution is -2.02. The van der Waals surface area contributed by atoms with Crippen LogP contribution in [-0.2, 0) is 6.42 Å². The molecule has 0 fully saturated rings. The summed E-state index contributed by atoms with van der Waals surface area (Å²) in [5.74, 6) is 6.51. The average molecular weight is 245 g/mol. The van der Waals surface area contributed by atoms with Gasteiger partial charge in [0, 0.05) is 23.9 Å². The van der Waals surface area contributed by atoms with Crippen molar-refractivity contribution < 1.29 is 0 Å². The van der Waals surface area contributed by atoms with Crippen molar-refractivity contribution >= 4 is 6.21 Å². The van der Waals surface area contributed by atoms with Crippen LogP contribution in [0.3, 0.4) is 0 Å². The van der Waals surface area contributed by atoms with Gasteiger partial charge in [-0.2, -0.15) is 0 Å². The third-order valence-electron chi connectivity index (χ3n) is 3.37. The quantitative estimate of drug-likeness (QED) is 0.631. The Kier molecular flexibility index (Phi) is 3.16. The minimum atomic E-state index is 0.891. The molecule has 0 radical (unpaired) electrons. The molecule has 19 heavy (non-hydrogen) atoms. The normalized spacial score (nSPS) is 12.5. The molecule has 0 aliphatic carbocycles. The van der Waals surface area contributed by atoms with Crippen molar-refractivity contribution in [3.8, 4) is 11.8 Å². The number of nitrogens with zero attached hydrogens (tertiary/aromatic N) is 1. The molecule has 0 N–H and O–H groups in total. The summed E-state index contributed by atoms with van der Waals surface area (Å²) in [7, 11) is 0. The molecule has 0 aromatic heterocycles. The van der Waals surface area contributed by atoms with Crippen LogP contribution in [0.25, 0.3) is 0 Å². The highest BCUT2D eigenvalue weighted by molar-refractivity contribution is 5.83. The Bertz CT molecular complexity index is 699. The Labute approximate surface area is 114 Å². The van der Waals surface area contributed by atoms with Gasteiger partial charge in [-0.1, -0.05) is 36.1 Å². The van der Waals surface area contributed by atoms with Gasteiger partial charge in [-0.3, -0.25) is 4.99 Å². The molecular formula is C18H15N. The first-order valence-electron chi connectivity index (χ1n) is 6.53. The van der Waals surface area contributed by atoms with Gasteiger partial charge in [0.1, 0.15) is 0 Å². The highest BCUT2D eigenvalue weighted by Crippen LogP contribution is 2.14. The average Bonchev–Trinajstić information content (AvgIpc) is 2.46. The van der Waals surface area contributed by atoms with Crippen LogP contribution in [0.15, 0.2) is 47.5 Å². The van der Waals surface area contributed by atoms with Crippen LogP contribution in [0.5, 0.6) is 0 Å². The molecule has 1 aliphatic rings. The van der Waals surface area contributed by atoms with Crippen molar-refractivity contribution in [1.29, 1.82) is 0 Å². The van der Waals surface area contributed by atoms with E-state index in [-0.39, 0.29) is 0 Å². The van der Waals surface area contributed by atoms with Crippen LogP contribution < -0.4 is 0 Å². The first-order chi connectivity index (χ1) is 9.33. The molecule has 2 aromatic rings. The fourth-order valence-corrected chi connectivity index (χ4v) is 2.23. The second-order valence-corrected chi connectivity index (χ2v) is 4.76. The summed E-state index contributed by atoms with van der Waals surface area (Å²) in [6, 6.07) is 14.6. The minimum absolute atomic E-state index is 0.891. The van der Waals surface area contributed by atoms with Gasteiger partial charge in [-0.15, -0.1) is 0 Å². The van der Waals surface area contributed by atoms with Crippen molar-refractivity contribution in [1.82, 2.24) is 0 Å². The maximum Gasteiger partial charge on any atom is 0.0430 e. The number of rotatable bonds is 0. The lowest BCUT2D eigenvalue weighted by molar-refractivity contribution is 0.952. The largest absolute Gasteiger partial charge is 0.292 e. The zero-order valence-corrected chi connectivity index (χ0v) is 11.0. The van der Waals surface area contributed by atoms with E-state index in [4.69, 9.17) is 0 Å². The monoisotopic (exact) mass is 245 g/mol. The Morgan fingerprint density at radius 1 is 1.05 bits per heavy atom. The topological polar surface area (TPSA) is 12.4 Å². The lowest BCUT2D eigenvalue weighted by atomic mass is 10.00. The maximum atomic E-state index is 4.29. The van der Waals surface area contributed by atoms with E-state index >= 15 is 0 Å². The van der Waals surface area contributed by atoms with Gasteiger partial charge in [-0.05, 0) is 48.2 Å². The summed E-state index contributed by atoms with van der Waals surface area (Å²) >= 11 is 0. The van der Waals surface area contributed by atoms with Crippen molar-refractivity contribution in [2.24, 2.45) is 4.99 Å². The van der Waals surface area contributed by atoms with Gasteiger partial charge in [0.15, 0.2) is 0 Å². The van der Waals surface area contributed by atoms with E-state index in [2.05, 4.69) is 54.1 Å². The van der Waals surface area contributed by atoms with Crippen molar-refractivity contribution in [3.05, 3.63) is 70.3 Å². The molecule has 92 valence electrons. The van der Waals surface area contributed by atoms with Gasteiger partial charge < -0.3 is 0 Å². The van der Waals surface area contributed by atoms with E-state index in [1.54, 1.807) is 0 Å². The van der Waals surface area contributed by atoms with E-state index in [9.17, 15) is 0 Å². The molecule has 0 saturated carbocycles. The summed E-state index contributed by atoms with van der Waals surface area (Å²) in [4.78, 5) is 4.29. The molecule has 0 saturated heterocycles. The molecular weight excluding hydrogens is 230 g/mol. The lowest BCUT2D eigenvalue weighted by Gasteiger charge is -2.09. The Morgan fingerprint density at radius 3 is 2.84 bits per heavy atom. The van der Waals surface area contributed by atoms with Crippen LogP contribution in [0.2, 0.25) is 0 Å². The minimum Gasteiger partial charge on any atom is -0.292 e. The summed E-state index contributed by atoms with van der Waals surface area (Å²) in [6.07, 6.45) is 2.98. The summed E-state index contributed by atoms with van der Waals surface area (Å²) in [6.45, 7) is 2.98. The number of hydrogen-bond donors (Lipinski definition) is 0. The van der Waals surface area contributed by atoms with Crippen LogP contribution >= 0.6 is 0 Å². The predicted molar refractivity (Wildman–Crippen MR) is 79.8 cm³/mol. The fourth-order valence-electron chi connectivity index (χ4n) is 2.23. The summed E-state index contributed by atoms with van der Waals surface area (Å²) in [5, 5.41) is 0. The predicted octanol–water partition coefficient (Wildman–Crippen LogP) is 3.37. The van der Waals surface area contributed by atoms with Gasteiger partial charge in [0.2, 0.25) is 0 Å². The highest BCUT2D eigenvalue weighted by Gasteiger charge is 2.04.